The van der Waals surface area contributed by atoms with Crippen LogP contribution in [-0.4, -0.2) is 14.8 Å². The molecule has 0 saturated heterocycles. The Hall–Kier alpha value is -1.88. The van der Waals surface area contributed by atoms with Crippen molar-refractivity contribution in [3.63, 3.8) is 0 Å². The molecule has 3 aromatic rings. The molecule has 0 spiro atoms. The summed E-state index contributed by atoms with van der Waals surface area (Å²) in [6, 6.07) is 7.99. The molecule has 0 amide bonds. The Morgan fingerprint density at radius 1 is 1.12 bits per heavy atom. The van der Waals surface area contributed by atoms with E-state index in [0.29, 0.717) is 5.69 Å². The molecule has 0 saturated carbocycles. The van der Waals surface area contributed by atoms with E-state index in [1.807, 2.05) is 35.1 Å². The van der Waals surface area contributed by atoms with Gasteiger partial charge in [-0.15, -0.1) is 0 Å². The van der Waals surface area contributed by atoms with Crippen LogP contribution in [0.1, 0.15) is 0 Å². The summed E-state index contributed by atoms with van der Waals surface area (Å²) in [5, 5.41) is 5.45. The Balaban J connectivity index is 2.35. The van der Waals surface area contributed by atoms with Gasteiger partial charge in [-0.1, -0.05) is 18.2 Å². The third kappa shape index (κ3) is 1.59. The van der Waals surface area contributed by atoms with Gasteiger partial charge < -0.3 is 5.73 Å². The molecule has 0 fully saturated rings. The number of para-hydroxylation sites is 1. The molecule has 4 nitrogen and oxygen atoms in total. The fourth-order valence-corrected chi connectivity index (χ4v) is 2.33. The highest BCUT2D eigenvalue weighted by atomic mass is 79.9. The zero-order valence-corrected chi connectivity index (χ0v) is 10.4. The molecule has 84 valence electrons. The number of nitrogens with zero attached hydrogens (tertiary/aromatic N) is 3. The van der Waals surface area contributed by atoms with Crippen LogP contribution >= 0.6 is 15.9 Å². The minimum absolute atomic E-state index is 0.591. The summed E-state index contributed by atoms with van der Waals surface area (Å²) in [6.07, 6.45) is 5.15. The highest BCUT2D eigenvalue weighted by Gasteiger charge is 2.10. The van der Waals surface area contributed by atoms with Crippen molar-refractivity contribution in [2.45, 2.75) is 0 Å². The van der Waals surface area contributed by atoms with Crippen LogP contribution in [-0.2, 0) is 0 Å². The quantitative estimate of drug-likeness (QED) is 0.749. The molecule has 0 unspecified atom stereocenters. The number of nitrogens with two attached hydrogens (primary N) is 1. The molecule has 2 N–H and O–H groups in total. The molecular weight excluding hydrogens is 280 g/mol. The molecule has 2 aromatic heterocycles. The average Bonchev–Trinajstić information content (AvgIpc) is 2.73. The lowest BCUT2D eigenvalue weighted by Crippen LogP contribution is -2.02. The van der Waals surface area contributed by atoms with Crippen LogP contribution in [0.3, 0.4) is 0 Å². The summed E-state index contributed by atoms with van der Waals surface area (Å²) < 4.78 is 2.64. The standard InChI is InChI=1S/C12H9BrN4/c13-9-6-15-7-10(14)12(9)17-11-4-2-1-3-8(11)5-16-17/h1-7H,14H2. The van der Waals surface area contributed by atoms with Crippen molar-refractivity contribution in [3.8, 4) is 5.69 Å². The molecule has 0 aliphatic rings. The first kappa shape index (κ1) is 10.3. The lowest BCUT2D eigenvalue weighted by molar-refractivity contribution is 0.905. The number of pyridine rings is 1. The molecule has 1 aromatic carbocycles. The van der Waals surface area contributed by atoms with Gasteiger partial charge >= 0.3 is 0 Å². The van der Waals surface area contributed by atoms with Crippen molar-refractivity contribution in [2.75, 3.05) is 5.73 Å². The van der Waals surface area contributed by atoms with Crippen molar-refractivity contribution in [1.29, 1.82) is 0 Å². The summed E-state index contributed by atoms with van der Waals surface area (Å²) in [5.74, 6) is 0. The lowest BCUT2D eigenvalue weighted by atomic mass is 10.2. The van der Waals surface area contributed by atoms with Gasteiger partial charge in [0.15, 0.2) is 0 Å². The van der Waals surface area contributed by atoms with Crippen LogP contribution in [0.25, 0.3) is 16.6 Å². The average molecular weight is 289 g/mol. The van der Waals surface area contributed by atoms with E-state index in [1.165, 1.54) is 0 Å². The van der Waals surface area contributed by atoms with Gasteiger partial charge in [-0.2, -0.15) is 5.10 Å². The van der Waals surface area contributed by atoms with Crippen LogP contribution in [0.15, 0.2) is 47.3 Å². The molecule has 0 aliphatic carbocycles. The molecule has 3 rings (SSSR count). The predicted octanol–water partition coefficient (Wildman–Crippen LogP) is 2.77. The summed E-state index contributed by atoms with van der Waals surface area (Å²) in [6.45, 7) is 0. The molecule has 2 heterocycles. The van der Waals surface area contributed by atoms with E-state index < -0.39 is 0 Å². The van der Waals surface area contributed by atoms with Crippen LogP contribution in [0, 0.1) is 0 Å². The Bertz CT molecular complexity index is 670. The van der Waals surface area contributed by atoms with Gasteiger partial charge in [-0.05, 0) is 22.0 Å². The number of anilines is 1. The minimum atomic E-state index is 0.591. The molecular formula is C12H9BrN4. The van der Waals surface area contributed by atoms with Crippen LogP contribution in [0.4, 0.5) is 5.69 Å². The highest BCUT2D eigenvalue weighted by molar-refractivity contribution is 9.10. The molecule has 0 atom stereocenters. The monoisotopic (exact) mass is 288 g/mol. The molecule has 5 heteroatoms. The third-order valence-electron chi connectivity index (χ3n) is 2.59. The van der Waals surface area contributed by atoms with Crippen molar-refractivity contribution < 1.29 is 0 Å². The SMILES string of the molecule is Nc1cncc(Br)c1-n1ncc2ccccc21. The first-order chi connectivity index (χ1) is 8.27. The van der Waals surface area contributed by atoms with Gasteiger partial charge in [0.1, 0.15) is 5.69 Å². The van der Waals surface area contributed by atoms with E-state index >= 15 is 0 Å². The van der Waals surface area contributed by atoms with Crippen molar-refractivity contribution in [3.05, 3.63) is 47.3 Å². The number of halogens is 1. The van der Waals surface area contributed by atoms with E-state index in [0.717, 1.165) is 21.1 Å². The van der Waals surface area contributed by atoms with Gasteiger partial charge in [0.25, 0.3) is 0 Å². The number of rotatable bonds is 1. The maximum absolute atomic E-state index is 5.95. The van der Waals surface area contributed by atoms with E-state index in [4.69, 9.17) is 5.73 Å². The second kappa shape index (κ2) is 3.85. The Morgan fingerprint density at radius 3 is 2.76 bits per heavy atom. The largest absolute Gasteiger partial charge is 0.396 e. The number of aromatic nitrogens is 3. The molecule has 0 aliphatic heterocycles. The summed E-state index contributed by atoms with van der Waals surface area (Å²) in [4.78, 5) is 4.02. The molecule has 17 heavy (non-hydrogen) atoms. The van der Waals surface area contributed by atoms with Gasteiger partial charge in [0.05, 0.1) is 28.1 Å². The van der Waals surface area contributed by atoms with Gasteiger partial charge in [0, 0.05) is 11.6 Å². The van der Waals surface area contributed by atoms with Crippen LogP contribution < -0.4 is 5.73 Å². The van der Waals surface area contributed by atoms with E-state index in [-0.39, 0.29) is 0 Å². The zero-order valence-electron chi connectivity index (χ0n) is 8.84. The first-order valence-corrected chi connectivity index (χ1v) is 5.89. The normalized spacial score (nSPS) is 10.9. The van der Waals surface area contributed by atoms with E-state index in [9.17, 15) is 0 Å². The summed E-state index contributed by atoms with van der Waals surface area (Å²) in [7, 11) is 0. The first-order valence-electron chi connectivity index (χ1n) is 5.09. The number of hydrogen-bond acceptors (Lipinski definition) is 3. The lowest BCUT2D eigenvalue weighted by Gasteiger charge is -2.08. The third-order valence-corrected chi connectivity index (χ3v) is 3.17. The summed E-state index contributed by atoms with van der Waals surface area (Å²) in [5.41, 5.74) is 8.38. The fourth-order valence-electron chi connectivity index (χ4n) is 1.82. The van der Waals surface area contributed by atoms with Gasteiger partial charge in [-0.3, -0.25) is 4.98 Å². The van der Waals surface area contributed by atoms with Crippen molar-refractivity contribution in [2.24, 2.45) is 0 Å². The number of nitrogen functional groups attached to an aromatic ring is 1. The van der Waals surface area contributed by atoms with Crippen molar-refractivity contribution in [1.82, 2.24) is 14.8 Å². The Kier molecular flexibility index (Phi) is 2.33. The van der Waals surface area contributed by atoms with E-state index in [1.54, 1.807) is 12.4 Å². The Labute approximate surface area is 106 Å². The number of hydrogen-bond donors (Lipinski definition) is 1. The maximum atomic E-state index is 5.95. The topological polar surface area (TPSA) is 56.7 Å². The second-order valence-electron chi connectivity index (χ2n) is 3.67. The molecule has 0 bridgehead atoms. The smallest absolute Gasteiger partial charge is 0.105 e. The maximum Gasteiger partial charge on any atom is 0.105 e. The predicted molar refractivity (Wildman–Crippen MR) is 71.0 cm³/mol. The molecule has 0 radical (unpaired) electrons. The van der Waals surface area contributed by atoms with E-state index in [2.05, 4.69) is 26.0 Å². The minimum Gasteiger partial charge on any atom is -0.396 e. The summed E-state index contributed by atoms with van der Waals surface area (Å²) >= 11 is 3.45. The number of fused-ring (bicyclic) bond motifs is 1. The number of benzene rings is 1. The van der Waals surface area contributed by atoms with Crippen molar-refractivity contribution >= 4 is 32.5 Å². The van der Waals surface area contributed by atoms with Crippen LogP contribution in [0.2, 0.25) is 0 Å². The zero-order chi connectivity index (χ0) is 11.8. The Morgan fingerprint density at radius 2 is 1.94 bits per heavy atom. The fraction of sp³-hybridized carbons (Fsp3) is 0. The van der Waals surface area contributed by atoms with Gasteiger partial charge in [0.2, 0.25) is 0 Å². The van der Waals surface area contributed by atoms with Gasteiger partial charge in [-0.25, -0.2) is 4.68 Å². The van der Waals surface area contributed by atoms with Crippen LogP contribution in [0.5, 0.6) is 0 Å². The second-order valence-corrected chi connectivity index (χ2v) is 4.53. The highest BCUT2D eigenvalue weighted by Crippen LogP contribution is 2.28.